The van der Waals surface area contributed by atoms with Gasteiger partial charge in [-0.25, -0.2) is 9.18 Å². The third-order valence-electron chi connectivity index (χ3n) is 2.70. The lowest BCUT2D eigenvalue weighted by atomic mass is 10.2. The summed E-state index contributed by atoms with van der Waals surface area (Å²) in [5.41, 5.74) is 0.336. The Kier molecular flexibility index (Phi) is 3.71. The van der Waals surface area contributed by atoms with Gasteiger partial charge in [0.15, 0.2) is 0 Å². The highest BCUT2D eigenvalue weighted by molar-refractivity contribution is 5.84. The van der Waals surface area contributed by atoms with Crippen molar-refractivity contribution < 1.29 is 23.4 Å². The molecule has 6 heteroatoms. The van der Waals surface area contributed by atoms with Gasteiger partial charge in [0, 0.05) is 5.56 Å². The average Bonchev–Trinajstić information content (AvgIpc) is 2.78. The molecule has 102 valence electrons. The van der Waals surface area contributed by atoms with E-state index >= 15 is 0 Å². The van der Waals surface area contributed by atoms with Crippen LogP contribution < -0.4 is 4.74 Å². The summed E-state index contributed by atoms with van der Waals surface area (Å²) in [4.78, 5) is 10.8. The zero-order valence-electron chi connectivity index (χ0n) is 10.5. The van der Waals surface area contributed by atoms with Crippen molar-refractivity contribution >= 4 is 5.97 Å². The maximum atomic E-state index is 13.4. The van der Waals surface area contributed by atoms with Gasteiger partial charge in [-0.1, -0.05) is 6.07 Å². The molecule has 0 aliphatic heterocycles. The fraction of sp³-hybridized carbons (Fsp3) is 0.143. The lowest BCUT2D eigenvalue weighted by molar-refractivity contribution is 0.0661. The van der Waals surface area contributed by atoms with Crippen LogP contribution in [0.4, 0.5) is 4.39 Å². The van der Waals surface area contributed by atoms with Gasteiger partial charge in [0.2, 0.25) is 5.76 Å². The van der Waals surface area contributed by atoms with Gasteiger partial charge in [-0.3, -0.25) is 0 Å². The molecule has 0 bridgehead atoms. The first kappa shape index (κ1) is 13.6. The second-order valence-electron chi connectivity index (χ2n) is 4.01. The number of carboxylic acid groups (broad SMARTS) is 1. The Labute approximate surface area is 113 Å². The summed E-state index contributed by atoms with van der Waals surface area (Å²) >= 11 is 0. The monoisotopic (exact) mass is 275 g/mol. The number of ether oxygens (including phenoxy) is 1. The number of nitriles is 1. The second kappa shape index (κ2) is 5.45. The maximum absolute atomic E-state index is 13.4. The van der Waals surface area contributed by atoms with Crippen LogP contribution in [0.1, 0.15) is 27.4 Å². The molecule has 1 N–H and O–H groups in total. The van der Waals surface area contributed by atoms with E-state index in [-0.39, 0.29) is 23.7 Å². The molecule has 1 heterocycles. The predicted octanol–water partition coefficient (Wildman–Crippen LogP) is 2.88. The number of aryl methyl sites for hydroxylation is 1. The first-order valence-corrected chi connectivity index (χ1v) is 5.67. The SMILES string of the molecule is Cc1oc(C(=O)O)cc1COc1cccc(F)c1C#N. The first-order chi connectivity index (χ1) is 9.52. The number of rotatable bonds is 4. The molecule has 0 saturated heterocycles. The van der Waals surface area contributed by atoms with Crippen molar-refractivity contribution in [1.29, 1.82) is 5.26 Å². The number of carbonyl (C=O) groups is 1. The number of benzene rings is 1. The van der Waals surface area contributed by atoms with Crippen molar-refractivity contribution in [1.82, 2.24) is 0 Å². The molecule has 0 amide bonds. The highest BCUT2D eigenvalue weighted by Gasteiger charge is 2.15. The van der Waals surface area contributed by atoms with Crippen molar-refractivity contribution in [2.75, 3.05) is 0 Å². The van der Waals surface area contributed by atoms with Crippen LogP contribution in [0.5, 0.6) is 5.75 Å². The molecule has 2 rings (SSSR count). The molecule has 0 radical (unpaired) electrons. The standard InChI is InChI=1S/C14H10FNO4/c1-8-9(5-13(20-8)14(17)18)7-19-12-4-2-3-11(15)10(12)6-16/h2-5H,7H2,1H3,(H,17,18). The van der Waals surface area contributed by atoms with E-state index in [4.69, 9.17) is 19.5 Å². The van der Waals surface area contributed by atoms with E-state index in [1.165, 1.54) is 18.2 Å². The Morgan fingerprint density at radius 3 is 2.90 bits per heavy atom. The summed E-state index contributed by atoms with van der Waals surface area (Å²) in [5, 5.41) is 17.7. The molecule has 0 spiro atoms. The molecule has 0 saturated carbocycles. The summed E-state index contributed by atoms with van der Waals surface area (Å²) in [6.45, 7) is 1.59. The molecular weight excluding hydrogens is 265 g/mol. The van der Waals surface area contributed by atoms with E-state index < -0.39 is 11.8 Å². The minimum atomic E-state index is -1.18. The van der Waals surface area contributed by atoms with Crippen LogP contribution >= 0.6 is 0 Å². The summed E-state index contributed by atoms with van der Waals surface area (Å²) in [6.07, 6.45) is 0. The summed E-state index contributed by atoms with van der Waals surface area (Å²) in [6, 6.07) is 7.12. The number of carboxylic acids is 1. The van der Waals surface area contributed by atoms with Crippen LogP contribution in [0.25, 0.3) is 0 Å². The van der Waals surface area contributed by atoms with Gasteiger partial charge >= 0.3 is 5.97 Å². The third kappa shape index (κ3) is 2.62. The van der Waals surface area contributed by atoms with Gasteiger partial charge < -0.3 is 14.3 Å². The van der Waals surface area contributed by atoms with Crippen molar-refractivity contribution in [2.45, 2.75) is 13.5 Å². The van der Waals surface area contributed by atoms with Crippen LogP contribution in [-0.2, 0) is 6.61 Å². The zero-order chi connectivity index (χ0) is 14.7. The number of hydrogen-bond acceptors (Lipinski definition) is 4. The predicted molar refractivity (Wildman–Crippen MR) is 65.9 cm³/mol. The van der Waals surface area contributed by atoms with Gasteiger partial charge in [-0.15, -0.1) is 0 Å². The second-order valence-corrected chi connectivity index (χ2v) is 4.01. The van der Waals surface area contributed by atoms with Gasteiger partial charge in [-0.05, 0) is 25.1 Å². The quantitative estimate of drug-likeness (QED) is 0.927. The maximum Gasteiger partial charge on any atom is 0.371 e. The molecule has 0 fully saturated rings. The average molecular weight is 275 g/mol. The molecule has 1 aromatic carbocycles. The van der Waals surface area contributed by atoms with Gasteiger partial charge in [0.25, 0.3) is 0 Å². The molecular formula is C14H10FNO4. The van der Waals surface area contributed by atoms with E-state index in [1.807, 2.05) is 0 Å². The van der Waals surface area contributed by atoms with Gasteiger partial charge in [0.05, 0.1) is 0 Å². The highest BCUT2D eigenvalue weighted by Crippen LogP contribution is 2.23. The van der Waals surface area contributed by atoms with Crippen LogP contribution in [0.15, 0.2) is 28.7 Å². The van der Waals surface area contributed by atoms with Crippen LogP contribution in [0.3, 0.4) is 0 Å². The normalized spacial score (nSPS) is 10.1. The molecule has 0 atom stereocenters. The minimum Gasteiger partial charge on any atom is -0.487 e. The van der Waals surface area contributed by atoms with E-state index in [0.29, 0.717) is 11.3 Å². The highest BCUT2D eigenvalue weighted by atomic mass is 19.1. The van der Waals surface area contributed by atoms with Crippen molar-refractivity contribution in [3.8, 4) is 11.8 Å². The molecule has 0 aliphatic carbocycles. The fourth-order valence-electron chi connectivity index (χ4n) is 1.66. The number of furan rings is 1. The molecule has 2 aromatic rings. The molecule has 5 nitrogen and oxygen atoms in total. The molecule has 1 aromatic heterocycles. The molecule has 0 aliphatic rings. The third-order valence-corrected chi connectivity index (χ3v) is 2.70. The van der Waals surface area contributed by atoms with Gasteiger partial charge in [-0.2, -0.15) is 5.26 Å². The van der Waals surface area contributed by atoms with Crippen LogP contribution in [0, 0.1) is 24.1 Å². The largest absolute Gasteiger partial charge is 0.487 e. The number of nitrogens with zero attached hydrogens (tertiary/aromatic N) is 1. The van der Waals surface area contributed by atoms with Crippen molar-refractivity contribution in [3.63, 3.8) is 0 Å². The minimum absolute atomic E-state index is 0.0131. The fourth-order valence-corrected chi connectivity index (χ4v) is 1.66. The van der Waals surface area contributed by atoms with Crippen LogP contribution in [0.2, 0.25) is 0 Å². The Balaban J connectivity index is 2.20. The van der Waals surface area contributed by atoms with E-state index in [1.54, 1.807) is 13.0 Å². The zero-order valence-corrected chi connectivity index (χ0v) is 10.5. The molecule has 20 heavy (non-hydrogen) atoms. The Morgan fingerprint density at radius 2 is 2.30 bits per heavy atom. The topological polar surface area (TPSA) is 83.5 Å². The molecule has 0 unspecified atom stereocenters. The van der Waals surface area contributed by atoms with Gasteiger partial charge in [0.1, 0.15) is 35.6 Å². The Morgan fingerprint density at radius 1 is 1.55 bits per heavy atom. The number of halogens is 1. The van der Waals surface area contributed by atoms with E-state index in [9.17, 15) is 9.18 Å². The first-order valence-electron chi connectivity index (χ1n) is 5.67. The van der Waals surface area contributed by atoms with E-state index in [2.05, 4.69) is 0 Å². The number of hydrogen-bond donors (Lipinski definition) is 1. The van der Waals surface area contributed by atoms with Crippen LogP contribution in [-0.4, -0.2) is 11.1 Å². The van der Waals surface area contributed by atoms with E-state index in [0.717, 1.165) is 6.07 Å². The van der Waals surface area contributed by atoms with Crippen molar-refractivity contribution in [2.24, 2.45) is 0 Å². The van der Waals surface area contributed by atoms with Crippen molar-refractivity contribution in [3.05, 3.63) is 52.7 Å². The lowest BCUT2D eigenvalue weighted by Gasteiger charge is -2.07. The smallest absolute Gasteiger partial charge is 0.371 e. The Bertz CT molecular complexity index is 700. The summed E-state index contributed by atoms with van der Waals surface area (Å²) < 4.78 is 23.7. The summed E-state index contributed by atoms with van der Waals surface area (Å²) in [5.74, 6) is -1.54. The Hall–Kier alpha value is -2.81. The lowest BCUT2D eigenvalue weighted by Crippen LogP contribution is -1.99. The number of aromatic carboxylic acids is 1. The summed E-state index contributed by atoms with van der Waals surface area (Å²) in [7, 11) is 0.